The fraction of sp³-hybridized carbons (Fsp3) is 0.238. The van der Waals surface area contributed by atoms with Crippen LogP contribution in [0.2, 0.25) is 0 Å². The molecule has 150 valence electrons. The van der Waals surface area contributed by atoms with Crippen molar-refractivity contribution in [3.63, 3.8) is 0 Å². The Labute approximate surface area is 166 Å². The summed E-state index contributed by atoms with van der Waals surface area (Å²) in [5, 5.41) is 9.39. The lowest BCUT2D eigenvalue weighted by Gasteiger charge is -2.26. The molecule has 0 aromatic heterocycles. The van der Waals surface area contributed by atoms with Gasteiger partial charge in [-0.15, -0.1) is 0 Å². The summed E-state index contributed by atoms with van der Waals surface area (Å²) in [5.74, 6) is 5.09. The number of hydrogen-bond donors (Lipinski definition) is 2. The van der Waals surface area contributed by atoms with Gasteiger partial charge in [0.15, 0.2) is 11.5 Å². The molecule has 2 aromatic rings. The second kappa shape index (κ2) is 7.89. The molecule has 0 fully saturated rings. The number of amides is 1. The average molecular weight is 399 g/mol. The van der Waals surface area contributed by atoms with E-state index in [1.807, 2.05) is 0 Å². The number of nitrogens with two attached hydrogens (primary N) is 1. The second-order valence-electron chi connectivity index (χ2n) is 6.47. The summed E-state index contributed by atoms with van der Waals surface area (Å²) in [6, 6.07) is 12.5. The third-order valence-corrected chi connectivity index (χ3v) is 4.44. The highest BCUT2D eigenvalue weighted by Gasteiger charge is 2.49. The van der Waals surface area contributed by atoms with Crippen molar-refractivity contribution in [2.24, 2.45) is 10.7 Å². The molecule has 2 atom stereocenters. The van der Waals surface area contributed by atoms with E-state index in [-0.39, 0.29) is 11.7 Å². The maximum atomic E-state index is 13.2. The van der Waals surface area contributed by atoms with Crippen molar-refractivity contribution in [2.75, 3.05) is 7.05 Å². The number of halogens is 2. The van der Waals surface area contributed by atoms with Gasteiger partial charge in [0.25, 0.3) is 5.91 Å². The third-order valence-electron chi connectivity index (χ3n) is 4.44. The minimum Gasteiger partial charge on any atom is -0.435 e. The van der Waals surface area contributed by atoms with Gasteiger partial charge in [0.05, 0.1) is 0 Å². The Kier molecular flexibility index (Phi) is 5.52. The van der Waals surface area contributed by atoms with Crippen molar-refractivity contribution in [1.29, 1.82) is 0 Å². The highest BCUT2D eigenvalue weighted by molar-refractivity contribution is 6.08. The van der Waals surface area contributed by atoms with Gasteiger partial charge in [-0.25, -0.2) is 4.99 Å². The van der Waals surface area contributed by atoms with Crippen LogP contribution < -0.4 is 10.5 Å². The first kappa shape index (κ1) is 20.3. The molecule has 0 saturated carbocycles. The van der Waals surface area contributed by atoms with Gasteiger partial charge in [-0.05, 0) is 42.3 Å². The number of aliphatic hydroxyl groups is 1. The van der Waals surface area contributed by atoms with Gasteiger partial charge in [0, 0.05) is 12.6 Å². The van der Waals surface area contributed by atoms with Crippen LogP contribution in [0, 0.1) is 11.8 Å². The van der Waals surface area contributed by atoms with E-state index in [9.17, 15) is 18.7 Å². The summed E-state index contributed by atoms with van der Waals surface area (Å²) in [6.45, 7) is -1.41. The minimum atomic E-state index is -2.95. The maximum Gasteiger partial charge on any atom is 0.387 e. The SMILES string of the molecule is C[C@@H](O)C#Cc1cccc([C@@]2(c3ccc(OC(F)F)cc3)N=C(N)N(C)C2=O)c1. The van der Waals surface area contributed by atoms with Gasteiger partial charge >= 0.3 is 6.61 Å². The Bertz CT molecular complexity index is 1010. The first-order valence-corrected chi connectivity index (χ1v) is 8.73. The molecule has 1 aliphatic rings. The molecule has 1 aliphatic heterocycles. The van der Waals surface area contributed by atoms with Crippen LogP contribution in [0.4, 0.5) is 8.78 Å². The van der Waals surface area contributed by atoms with Crippen LogP contribution in [0.5, 0.6) is 5.75 Å². The van der Waals surface area contributed by atoms with Crippen LogP contribution >= 0.6 is 0 Å². The molecule has 0 bridgehead atoms. The van der Waals surface area contributed by atoms with Crippen molar-refractivity contribution in [1.82, 2.24) is 4.90 Å². The normalized spacial score (nSPS) is 19.6. The molecule has 1 amide bonds. The van der Waals surface area contributed by atoms with E-state index in [1.165, 1.54) is 36.2 Å². The van der Waals surface area contributed by atoms with E-state index in [0.29, 0.717) is 16.7 Å². The van der Waals surface area contributed by atoms with E-state index >= 15 is 0 Å². The van der Waals surface area contributed by atoms with Crippen molar-refractivity contribution in [3.05, 3.63) is 65.2 Å². The number of guanidine groups is 1. The summed E-state index contributed by atoms with van der Waals surface area (Å²) in [6.07, 6.45) is -0.803. The summed E-state index contributed by atoms with van der Waals surface area (Å²) in [4.78, 5) is 18.9. The van der Waals surface area contributed by atoms with Crippen molar-refractivity contribution in [2.45, 2.75) is 25.2 Å². The van der Waals surface area contributed by atoms with Gasteiger partial charge in [-0.1, -0.05) is 36.1 Å². The van der Waals surface area contributed by atoms with Crippen molar-refractivity contribution >= 4 is 11.9 Å². The predicted octanol–water partition coefficient (Wildman–Crippen LogP) is 2.05. The molecule has 1 heterocycles. The molecule has 0 aliphatic carbocycles. The lowest BCUT2D eigenvalue weighted by atomic mass is 9.82. The Morgan fingerprint density at radius 2 is 1.90 bits per heavy atom. The number of carbonyl (C=O) groups is 1. The summed E-state index contributed by atoms with van der Waals surface area (Å²) in [5.41, 5.74) is 5.97. The molecule has 0 saturated heterocycles. The number of likely N-dealkylation sites (N-methyl/N-ethyl adjacent to an activating group) is 1. The van der Waals surface area contributed by atoms with Crippen LogP contribution in [0.1, 0.15) is 23.6 Å². The predicted molar refractivity (Wildman–Crippen MR) is 103 cm³/mol. The van der Waals surface area contributed by atoms with Crippen molar-refractivity contribution < 1.29 is 23.4 Å². The monoisotopic (exact) mass is 399 g/mol. The topological polar surface area (TPSA) is 88.2 Å². The lowest BCUT2D eigenvalue weighted by Crippen LogP contribution is -2.41. The Morgan fingerprint density at radius 3 is 2.45 bits per heavy atom. The van der Waals surface area contributed by atoms with Gasteiger partial charge in [0.1, 0.15) is 11.9 Å². The highest BCUT2D eigenvalue weighted by Crippen LogP contribution is 2.40. The van der Waals surface area contributed by atoms with Crippen molar-refractivity contribution in [3.8, 4) is 17.6 Å². The number of carbonyl (C=O) groups excluding carboxylic acids is 1. The number of nitrogens with zero attached hydrogens (tertiary/aromatic N) is 2. The molecule has 2 aromatic carbocycles. The molecular weight excluding hydrogens is 380 g/mol. The zero-order valence-corrected chi connectivity index (χ0v) is 15.8. The van der Waals surface area contributed by atoms with Gasteiger partial charge in [-0.3, -0.25) is 9.69 Å². The highest BCUT2D eigenvalue weighted by atomic mass is 19.3. The zero-order chi connectivity index (χ0) is 21.2. The lowest BCUT2D eigenvalue weighted by molar-refractivity contribution is -0.129. The van der Waals surface area contributed by atoms with Crippen LogP contribution in [0.25, 0.3) is 0 Å². The smallest absolute Gasteiger partial charge is 0.387 e. The average Bonchev–Trinajstić information content (AvgIpc) is 2.92. The van der Waals surface area contributed by atoms with E-state index in [0.717, 1.165) is 0 Å². The van der Waals surface area contributed by atoms with Crippen LogP contribution in [-0.2, 0) is 10.3 Å². The first-order chi connectivity index (χ1) is 13.7. The number of alkyl halides is 2. The molecule has 0 spiro atoms. The van der Waals surface area contributed by atoms with E-state index < -0.39 is 24.2 Å². The summed E-state index contributed by atoms with van der Waals surface area (Å²) < 4.78 is 29.3. The quantitative estimate of drug-likeness (QED) is 0.771. The molecule has 8 heteroatoms. The largest absolute Gasteiger partial charge is 0.435 e. The number of aliphatic hydroxyl groups excluding tert-OH is 1. The fourth-order valence-corrected chi connectivity index (χ4v) is 3.07. The maximum absolute atomic E-state index is 13.2. The number of ether oxygens (including phenoxy) is 1. The molecule has 3 N–H and O–H groups in total. The van der Waals surface area contributed by atoms with E-state index in [1.54, 1.807) is 31.2 Å². The van der Waals surface area contributed by atoms with Gasteiger partial charge in [0.2, 0.25) is 0 Å². The molecule has 6 nitrogen and oxygen atoms in total. The minimum absolute atomic E-state index is 0.0309. The second-order valence-corrected chi connectivity index (χ2v) is 6.47. The van der Waals surface area contributed by atoms with E-state index in [2.05, 4.69) is 21.6 Å². The number of aliphatic imine (C=N–C) groups is 1. The Hall–Kier alpha value is -3.44. The van der Waals surface area contributed by atoms with Crippen LogP contribution in [-0.4, -0.2) is 41.6 Å². The molecular formula is C21H19F2N3O3. The van der Waals surface area contributed by atoms with E-state index in [4.69, 9.17) is 5.73 Å². The number of hydrogen-bond acceptors (Lipinski definition) is 5. The Morgan fingerprint density at radius 1 is 1.21 bits per heavy atom. The molecule has 29 heavy (non-hydrogen) atoms. The summed E-state index contributed by atoms with van der Waals surface area (Å²) >= 11 is 0. The van der Waals surface area contributed by atoms with Gasteiger partial charge < -0.3 is 15.6 Å². The van der Waals surface area contributed by atoms with Crippen LogP contribution in [0.15, 0.2) is 53.5 Å². The summed E-state index contributed by atoms with van der Waals surface area (Å²) in [7, 11) is 1.51. The van der Waals surface area contributed by atoms with Crippen LogP contribution in [0.3, 0.4) is 0 Å². The first-order valence-electron chi connectivity index (χ1n) is 8.73. The molecule has 0 radical (unpaired) electrons. The number of rotatable bonds is 4. The third kappa shape index (κ3) is 3.91. The molecule has 0 unspecified atom stereocenters. The Balaban J connectivity index is 2.14. The number of benzene rings is 2. The fourth-order valence-electron chi connectivity index (χ4n) is 3.07. The standard InChI is InChI=1S/C21H19F2N3O3/c1-13(27)6-7-14-4-3-5-16(12-14)21(18(28)26(2)20(24)25-21)15-8-10-17(11-9-15)29-19(22)23/h3-5,8-13,19,27H,1-2H3,(H2,24,25)/t13-,21-/m1/s1. The molecule has 3 rings (SSSR count). The van der Waals surface area contributed by atoms with Gasteiger partial charge in [-0.2, -0.15) is 8.78 Å². The zero-order valence-electron chi connectivity index (χ0n) is 15.8.